The van der Waals surface area contributed by atoms with Crippen molar-refractivity contribution in [1.82, 2.24) is 9.55 Å². The van der Waals surface area contributed by atoms with Crippen LogP contribution in [0.15, 0.2) is 119 Å². The lowest BCUT2D eigenvalue weighted by Gasteiger charge is -2.44. The zero-order chi connectivity index (χ0) is 35.9. The lowest BCUT2D eigenvalue weighted by Crippen LogP contribution is -2.56. The minimum atomic E-state index is -1.44. The van der Waals surface area contributed by atoms with Gasteiger partial charge in [0, 0.05) is 23.6 Å². The third-order valence-corrected chi connectivity index (χ3v) is 10.5. The molecule has 1 saturated carbocycles. The molecule has 0 spiro atoms. The van der Waals surface area contributed by atoms with Gasteiger partial charge in [-0.05, 0) is 66.9 Å². The van der Waals surface area contributed by atoms with Gasteiger partial charge in [0.05, 0.1) is 26.9 Å². The number of nitrogens with zero attached hydrogens (tertiary/aromatic N) is 1. The third kappa shape index (κ3) is 5.83. The number of H-pyrrole nitrogens is 1. The third-order valence-electron chi connectivity index (χ3n) is 10.5. The van der Waals surface area contributed by atoms with E-state index in [9.17, 15) is 14.7 Å². The summed E-state index contributed by atoms with van der Waals surface area (Å²) in [5.41, 5.74) is 0.145. The van der Waals surface area contributed by atoms with E-state index in [2.05, 4.69) is 4.98 Å². The van der Waals surface area contributed by atoms with Gasteiger partial charge in [-0.3, -0.25) is 14.3 Å². The van der Waals surface area contributed by atoms with Crippen molar-refractivity contribution in [3.63, 3.8) is 0 Å². The summed E-state index contributed by atoms with van der Waals surface area (Å²) >= 11 is 0. The summed E-state index contributed by atoms with van der Waals surface area (Å²) < 4.78 is 33.3. The second-order valence-corrected chi connectivity index (χ2v) is 13.5. The summed E-state index contributed by atoms with van der Waals surface area (Å²) in [4.78, 5) is 27.9. The van der Waals surface area contributed by atoms with Gasteiger partial charge in [0.1, 0.15) is 35.2 Å². The van der Waals surface area contributed by atoms with Crippen LogP contribution in [0.1, 0.15) is 41.0 Å². The number of fused-ring (bicyclic) bond motifs is 2. The van der Waals surface area contributed by atoms with Crippen LogP contribution >= 0.6 is 0 Å². The molecule has 4 aromatic carbocycles. The number of aliphatic hydroxyl groups is 1. The van der Waals surface area contributed by atoms with Gasteiger partial charge in [-0.25, -0.2) is 4.79 Å². The van der Waals surface area contributed by atoms with E-state index in [1.54, 1.807) is 21.1 Å². The Morgan fingerprint density at radius 2 is 1.35 bits per heavy atom. The number of rotatable bonds is 11. The monoisotopic (exact) mass is 690 g/mol. The lowest BCUT2D eigenvalue weighted by atomic mass is 9.79. The van der Waals surface area contributed by atoms with Crippen LogP contribution < -0.4 is 25.5 Å². The predicted octanol–water partition coefficient (Wildman–Crippen LogP) is 5.52. The van der Waals surface area contributed by atoms with Crippen LogP contribution in [0.2, 0.25) is 0 Å². The average molecular weight is 691 g/mol. The zero-order valence-electron chi connectivity index (χ0n) is 29.2. The molecule has 51 heavy (non-hydrogen) atoms. The molecule has 2 bridgehead atoms. The molecule has 1 aliphatic heterocycles. The quantitative estimate of drug-likeness (QED) is 0.174. The van der Waals surface area contributed by atoms with Gasteiger partial charge in [-0.1, -0.05) is 79.2 Å². The Kier molecular flexibility index (Phi) is 9.09. The van der Waals surface area contributed by atoms with Crippen LogP contribution in [0.25, 0.3) is 0 Å². The molecule has 7 rings (SSSR count). The molecule has 10 heteroatoms. The maximum atomic E-state index is 13.2. The molecule has 0 unspecified atom stereocenters. The summed E-state index contributed by atoms with van der Waals surface area (Å²) in [6, 6.07) is 33.0. The fourth-order valence-corrected chi connectivity index (χ4v) is 7.77. The maximum absolute atomic E-state index is 13.2. The SMILES string of the molecule is COc1ccc(C(OC[C@]23O[C@@H](n4cc(C)c(=O)[nH]c4=O)[C@H]([C@@H](C)[C@H]2Oc2ccc(C)cc2)[C@@H]3O)(c2ccccc2)c2ccc(OC)cc2)cc1. The van der Waals surface area contributed by atoms with Crippen molar-refractivity contribution >= 4 is 0 Å². The highest BCUT2D eigenvalue weighted by Crippen LogP contribution is 2.57. The molecular formula is C41H42N2O8. The molecule has 264 valence electrons. The fourth-order valence-electron chi connectivity index (χ4n) is 7.77. The number of aliphatic hydroxyl groups excluding tert-OH is 1. The number of methoxy groups -OCH3 is 2. The minimum absolute atomic E-state index is 0.133. The smallest absolute Gasteiger partial charge is 0.330 e. The van der Waals surface area contributed by atoms with E-state index >= 15 is 0 Å². The largest absolute Gasteiger partial charge is 0.497 e. The number of ether oxygens (including phenoxy) is 5. The van der Waals surface area contributed by atoms with Crippen molar-refractivity contribution in [2.45, 2.75) is 50.4 Å². The van der Waals surface area contributed by atoms with Crippen LogP contribution in [0.3, 0.4) is 0 Å². The number of aromatic nitrogens is 2. The lowest BCUT2D eigenvalue weighted by molar-refractivity contribution is -0.216. The molecule has 5 aromatic rings. The molecule has 2 aliphatic rings. The predicted molar refractivity (Wildman–Crippen MR) is 191 cm³/mol. The highest BCUT2D eigenvalue weighted by atomic mass is 16.6. The van der Waals surface area contributed by atoms with Crippen LogP contribution in [0.4, 0.5) is 0 Å². The summed E-state index contributed by atoms with van der Waals surface area (Å²) in [6.07, 6.45) is -1.18. The van der Waals surface area contributed by atoms with E-state index in [1.165, 1.54) is 10.8 Å². The second kappa shape index (κ2) is 13.5. The van der Waals surface area contributed by atoms with Crippen LogP contribution in [-0.4, -0.2) is 53.3 Å². The molecule has 0 radical (unpaired) electrons. The molecule has 1 aliphatic carbocycles. The second-order valence-electron chi connectivity index (χ2n) is 13.5. The molecule has 0 amide bonds. The standard InChI is InChI=1S/C41H42N2O8/c1-25-11-17-33(18-12-25)50-36-27(3)34-35(44)40(36,51-38(34)43-23-26(2)37(45)42-39(43)46)24-49-41(28-9-7-6-8-10-28,29-13-19-31(47-4)20-14-29)30-15-21-32(48-5)22-16-30/h6-23,27,34-36,38,44H,24H2,1-5H3,(H,42,45,46)/t27-,34-,35+,36-,38-,40-/m1/s1. The van der Waals surface area contributed by atoms with Crippen molar-refractivity contribution in [3.8, 4) is 17.2 Å². The highest BCUT2D eigenvalue weighted by Gasteiger charge is 2.71. The summed E-state index contributed by atoms with van der Waals surface area (Å²) in [7, 11) is 3.24. The summed E-state index contributed by atoms with van der Waals surface area (Å²) in [5, 5.41) is 12.3. The van der Waals surface area contributed by atoms with Crippen LogP contribution in [-0.2, 0) is 15.1 Å². The first-order valence-corrected chi connectivity index (χ1v) is 17.0. The minimum Gasteiger partial charge on any atom is -0.497 e. The maximum Gasteiger partial charge on any atom is 0.330 e. The molecule has 2 heterocycles. The fraction of sp³-hybridized carbons (Fsp3) is 0.317. The summed E-state index contributed by atoms with van der Waals surface area (Å²) in [5.74, 6) is 1.13. The van der Waals surface area contributed by atoms with Crippen LogP contribution in [0, 0.1) is 25.7 Å². The Morgan fingerprint density at radius 1 is 0.804 bits per heavy atom. The zero-order valence-corrected chi connectivity index (χ0v) is 29.2. The van der Waals surface area contributed by atoms with Gasteiger partial charge in [-0.15, -0.1) is 0 Å². The van der Waals surface area contributed by atoms with Crippen molar-refractivity contribution in [2.24, 2.45) is 11.8 Å². The molecule has 10 nitrogen and oxygen atoms in total. The van der Waals surface area contributed by atoms with Crippen LogP contribution in [0.5, 0.6) is 17.2 Å². The average Bonchev–Trinajstić information content (AvgIpc) is 3.55. The Morgan fingerprint density at radius 3 is 1.92 bits per heavy atom. The van der Waals surface area contributed by atoms with Gasteiger partial charge in [0.15, 0.2) is 5.60 Å². The first-order valence-electron chi connectivity index (χ1n) is 17.0. The molecule has 2 fully saturated rings. The van der Waals surface area contributed by atoms with E-state index in [1.807, 2.05) is 117 Å². The van der Waals surface area contributed by atoms with Crippen molar-refractivity contribution in [3.05, 3.63) is 158 Å². The highest BCUT2D eigenvalue weighted by molar-refractivity contribution is 5.50. The first kappa shape index (κ1) is 34.3. The number of aromatic amines is 1. The number of aryl methyl sites for hydroxylation is 2. The van der Waals surface area contributed by atoms with Gasteiger partial charge in [0.2, 0.25) is 0 Å². The van der Waals surface area contributed by atoms with Gasteiger partial charge in [0.25, 0.3) is 5.56 Å². The number of hydrogen-bond donors (Lipinski definition) is 2. The Balaban J connectivity index is 1.39. The Labute approximate surface area is 296 Å². The van der Waals surface area contributed by atoms with Crippen molar-refractivity contribution in [2.75, 3.05) is 20.8 Å². The van der Waals surface area contributed by atoms with Crippen molar-refractivity contribution < 1.29 is 28.8 Å². The molecular weight excluding hydrogens is 648 g/mol. The molecule has 6 atom stereocenters. The van der Waals surface area contributed by atoms with E-state index < -0.39 is 46.8 Å². The van der Waals surface area contributed by atoms with E-state index in [0.29, 0.717) is 22.8 Å². The Bertz CT molecular complexity index is 2050. The first-order chi connectivity index (χ1) is 24.6. The van der Waals surface area contributed by atoms with Gasteiger partial charge < -0.3 is 28.8 Å². The number of benzene rings is 4. The molecule has 1 aromatic heterocycles. The topological polar surface area (TPSA) is 121 Å². The van der Waals surface area contributed by atoms with Crippen molar-refractivity contribution in [1.29, 1.82) is 0 Å². The Hall–Kier alpha value is -5.16. The summed E-state index contributed by atoms with van der Waals surface area (Å²) in [6.45, 7) is 5.49. The molecule has 1 saturated heterocycles. The van der Waals surface area contributed by atoms with E-state index in [0.717, 1.165) is 22.3 Å². The van der Waals surface area contributed by atoms with E-state index in [4.69, 9.17) is 23.7 Å². The normalized spacial score (nSPS) is 24.0. The van der Waals surface area contributed by atoms with E-state index in [-0.39, 0.29) is 12.5 Å². The number of hydrogen-bond acceptors (Lipinski definition) is 8. The molecule has 2 N–H and O–H groups in total. The van der Waals surface area contributed by atoms with Gasteiger partial charge in [-0.2, -0.15) is 0 Å². The number of nitrogens with one attached hydrogen (secondary N) is 1. The van der Waals surface area contributed by atoms with Gasteiger partial charge >= 0.3 is 5.69 Å².